The third-order valence-electron chi connectivity index (χ3n) is 2.78. The highest BCUT2D eigenvalue weighted by Gasteiger charge is 2.25. The quantitative estimate of drug-likeness (QED) is 0.602. The zero-order chi connectivity index (χ0) is 13.8. The summed E-state index contributed by atoms with van der Waals surface area (Å²) in [4.78, 5) is 10.8. The van der Waals surface area contributed by atoms with Crippen molar-refractivity contribution in [2.45, 2.75) is 26.4 Å². The summed E-state index contributed by atoms with van der Waals surface area (Å²) in [5.41, 5.74) is 1.84. The Balaban J connectivity index is 2.19. The van der Waals surface area contributed by atoms with Gasteiger partial charge in [-0.25, -0.2) is 0 Å². The lowest BCUT2D eigenvalue weighted by molar-refractivity contribution is -0.386. The SMILES string of the molecule is CC(C)c1csc(OCc2ccccc2)c1[N+](=O)[O-]. The molecule has 5 heteroatoms. The van der Waals surface area contributed by atoms with Crippen LogP contribution in [-0.2, 0) is 6.61 Å². The Morgan fingerprint density at radius 3 is 2.58 bits per heavy atom. The van der Waals surface area contributed by atoms with Gasteiger partial charge in [0.15, 0.2) is 0 Å². The van der Waals surface area contributed by atoms with Crippen LogP contribution in [0, 0.1) is 10.1 Å². The first kappa shape index (κ1) is 13.5. The van der Waals surface area contributed by atoms with E-state index in [0.29, 0.717) is 11.7 Å². The van der Waals surface area contributed by atoms with Gasteiger partial charge in [0.2, 0.25) is 0 Å². The molecular formula is C14H15NO3S. The van der Waals surface area contributed by atoms with E-state index in [1.54, 1.807) is 0 Å². The normalized spacial score (nSPS) is 10.7. The van der Waals surface area contributed by atoms with Crippen LogP contribution in [0.2, 0.25) is 0 Å². The fourth-order valence-corrected chi connectivity index (χ4v) is 2.81. The van der Waals surface area contributed by atoms with Gasteiger partial charge in [-0.15, -0.1) is 11.3 Å². The molecule has 0 unspecified atom stereocenters. The van der Waals surface area contributed by atoms with Crippen molar-refractivity contribution in [2.75, 3.05) is 0 Å². The standard InChI is InChI=1S/C14H15NO3S/c1-10(2)12-9-19-14(13(12)15(16)17)18-8-11-6-4-3-5-7-11/h3-7,9-10H,8H2,1-2H3. The van der Waals surface area contributed by atoms with Gasteiger partial charge >= 0.3 is 5.69 Å². The molecule has 1 aromatic heterocycles. The zero-order valence-electron chi connectivity index (χ0n) is 10.8. The third-order valence-corrected chi connectivity index (χ3v) is 3.67. The molecule has 4 nitrogen and oxygen atoms in total. The number of nitrogens with zero attached hydrogens (tertiary/aromatic N) is 1. The van der Waals surface area contributed by atoms with Crippen molar-refractivity contribution in [3.8, 4) is 5.06 Å². The minimum Gasteiger partial charge on any atom is -0.474 e. The predicted molar refractivity (Wildman–Crippen MR) is 75.8 cm³/mol. The lowest BCUT2D eigenvalue weighted by Gasteiger charge is -2.05. The number of ether oxygens (including phenoxy) is 1. The minimum atomic E-state index is -0.355. The molecule has 0 fully saturated rings. The minimum absolute atomic E-state index is 0.107. The maximum absolute atomic E-state index is 11.2. The van der Waals surface area contributed by atoms with Crippen LogP contribution in [0.25, 0.3) is 0 Å². The number of benzene rings is 1. The van der Waals surface area contributed by atoms with Gasteiger partial charge in [0.1, 0.15) is 6.61 Å². The fraction of sp³-hybridized carbons (Fsp3) is 0.286. The van der Waals surface area contributed by atoms with Gasteiger partial charge in [0, 0.05) is 10.9 Å². The first-order chi connectivity index (χ1) is 9.09. The summed E-state index contributed by atoms with van der Waals surface area (Å²) in [5, 5.41) is 13.3. The molecule has 100 valence electrons. The van der Waals surface area contributed by atoms with E-state index in [2.05, 4.69) is 0 Å². The molecule has 0 amide bonds. The number of hydrogen-bond donors (Lipinski definition) is 0. The number of nitro groups is 1. The number of hydrogen-bond acceptors (Lipinski definition) is 4. The average Bonchev–Trinajstić information content (AvgIpc) is 2.81. The molecule has 0 aliphatic heterocycles. The molecule has 2 aromatic rings. The highest BCUT2D eigenvalue weighted by atomic mass is 32.1. The number of rotatable bonds is 5. The van der Waals surface area contributed by atoms with Crippen LogP contribution < -0.4 is 4.74 Å². The Morgan fingerprint density at radius 1 is 1.32 bits per heavy atom. The summed E-state index contributed by atoms with van der Waals surface area (Å²) in [6.07, 6.45) is 0. The molecule has 2 rings (SSSR count). The highest BCUT2D eigenvalue weighted by molar-refractivity contribution is 7.12. The predicted octanol–water partition coefficient (Wildman–Crippen LogP) is 4.36. The second-order valence-corrected chi connectivity index (χ2v) is 5.36. The summed E-state index contributed by atoms with van der Waals surface area (Å²) in [6.45, 7) is 4.23. The van der Waals surface area contributed by atoms with Gasteiger partial charge < -0.3 is 4.74 Å². The molecule has 0 aliphatic rings. The Morgan fingerprint density at radius 2 is 2.00 bits per heavy atom. The first-order valence-corrected chi connectivity index (χ1v) is 6.90. The molecule has 0 N–H and O–H groups in total. The van der Waals surface area contributed by atoms with E-state index in [4.69, 9.17) is 4.74 Å². The summed E-state index contributed by atoms with van der Waals surface area (Å²) >= 11 is 1.29. The van der Waals surface area contributed by atoms with E-state index in [0.717, 1.165) is 11.1 Å². The van der Waals surface area contributed by atoms with Crippen molar-refractivity contribution < 1.29 is 9.66 Å². The van der Waals surface area contributed by atoms with Crippen molar-refractivity contribution in [2.24, 2.45) is 0 Å². The van der Waals surface area contributed by atoms with E-state index in [1.165, 1.54) is 11.3 Å². The van der Waals surface area contributed by atoms with Gasteiger partial charge in [-0.3, -0.25) is 10.1 Å². The van der Waals surface area contributed by atoms with E-state index in [1.807, 2.05) is 49.6 Å². The fourth-order valence-electron chi connectivity index (χ4n) is 1.76. The van der Waals surface area contributed by atoms with Gasteiger partial charge in [-0.2, -0.15) is 0 Å². The monoisotopic (exact) mass is 277 g/mol. The lowest BCUT2D eigenvalue weighted by atomic mass is 10.1. The summed E-state index contributed by atoms with van der Waals surface area (Å²) in [7, 11) is 0. The zero-order valence-corrected chi connectivity index (χ0v) is 11.6. The molecule has 19 heavy (non-hydrogen) atoms. The maximum Gasteiger partial charge on any atom is 0.325 e. The molecule has 1 heterocycles. The molecule has 0 bridgehead atoms. The largest absolute Gasteiger partial charge is 0.474 e. The summed E-state index contributed by atoms with van der Waals surface area (Å²) < 4.78 is 5.59. The van der Waals surface area contributed by atoms with Crippen molar-refractivity contribution in [3.63, 3.8) is 0 Å². The summed E-state index contributed by atoms with van der Waals surface area (Å²) in [5.74, 6) is 0.116. The van der Waals surface area contributed by atoms with E-state index in [-0.39, 0.29) is 16.5 Å². The summed E-state index contributed by atoms with van der Waals surface area (Å²) in [6, 6.07) is 9.63. The van der Waals surface area contributed by atoms with Crippen LogP contribution in [0.1, 0.15) is 30.9 Å². The second kappa shape index (κ2) is 5.84. The molecule has 0 spiro atoms. The van der Waals surface area contributed by atoms with Crippen LogP contribution in [0.4, 0.5) is 5.69 Å². The van der Waals surface area contributed by atoms with E-state index in [9.17, 15) is 10.1 Å². The van der Waals surface area contributed by atoms with Gasteiger partial charge in [-0.05, 0) is 11.5 Å². The molecular weight excluding hydrogens is 262 g/mol. The van der Waals surface area contributed by atoms with E-state index < -0.39 is 0 Å². The maximum atomic E-state index is 11.2. The van der Waals surface area contributed by atoms with Crippen LogP contribution in [0.3, 0.4) is 0 Å². The topological polar surface area (TPSA) is 52.4 Å². The highest BCUT2D eigenvalue weighted by Crippen LogP contribution is 2.41. The van der Waals surface area contributed by atoms with Gasteiger partial charge in [-0.1, -0.05) is 44.2 Å². The Bertz CT molecular complexity index is 563. The Hall–Kier alpha value is -1.88. The second-order valence-electron chi connectivity index (χ2n) is 4.51. The van der Waals surface area contributed by atoms with Crippen molar-refractivity contribution >= 4 is 17.0 Å². The third kappa shape index (κ3) is 3.12. The van der Waals surface area contributed by atoms with Crippen LogP contribution in [-0.4, -0.2) is 4.92 Å². The average molecular weight is 277 g/mol. The van der Waals surface area contributed by atoms with Gasteiger partial charge in [0.25, 0.3) is 5.06 Å². The van der Waals surface area contributed by atoms with Crippen LogP contribution in [0.15, 0.2) is 35.7 Å². The van der Waals surface area contributed by atoms with Crippen molar-refractivity contribution in [1.29, 1.82) is 0 Å². The number of thiophene rings is 1. The van der Waals surface area contributed by atoms with Gasteiger partial charge in [0.05, 0.1) is 4.92 Å². The molecule has 0 aliphatic carbocycles. The Labute approximate surface area is 115 Å². The molecule has 0 radical (unpaired) electrons. The van der Waals surface area contributed by atoms with E-state index >= 15 is 0 Å². The molecule has 1 aromatic carbocycles. The Kier molecular flexibility index (Phi) is 4.16. The van der Waals surface area contributed by atoms with Crippen molar-refractivity contribution in [3.05, 3.63) is 57.0 Å². The molecule has 0 atom stereocenters. The van der Waals surface area contributed by atoms with Crippen LogP contribution >= 0.6 is 11.3 Å². The molecule has 0 saturated heterocycles. The van der Waals surface area contributed by atoms with Crippen LogP contribution in [0.5, 0.6) is 5.06 Å². The van der Waals surface area contributed by atoms with Crippen molar-refractivity contribution in [1.82, 2.24) is 0 Å². The smallest absolute Gasteiger partial charge is 0.325 e. The molecule has 0 saturated carbocycles. The first-order valence-electron chi connectivity index (χ1n) is 6.02. The lowest BCUT2D eigenvalue weighted by Crippen LogP contribution is -1.98.